The van der Waals surface area contributed by atoms with Crippen LogP contribution in [0.4, 0.5) is 23.7 Å². The molecule has 0 radical (unpaired) electrons. The highest BCUT2D eigenvalue weighted by molar-refractivity contribution is 5.90. The number of nitrogens with two attached hydrogens (primary N) is 1. The number of carbonyl (C=O) groups is 1. The van der Waals surface area contributed by atoms with Crippen molar-refractivity contribution in [3.8, 4) is 0 Å². The number of halogens is 3. The smallest absolute Gasteiger partial charge is 0.304 e. The molecule has 1 aromatic heterocycles. The Labute approximate surface area is 194 Å². The number of carbonyl (C=O) groups excluding carboxylic acids is 1. The van der Waals surface area contributed by atoms with Gasteiger partial charge in [-0.2, -0.15) is 0 Å². The van der Waals surface area contributed by atoms with Gasteiger partial charge in [0.05, 0.1) is 11.4 Å². The standard InChI is InChI=1S/C26H21F3N4O/c27-20-14-15-21(24(29)23(20)28)32-25(34)33(30)26(19-11-5-2-6-12-19,22-13-7-8-16-31-22)17-18-9-3-1-4-10-18/h1-16H,17,30H2,(H,32,34). The van der Waals surface area contributed by atoms with E-state index >= 15 is 0 Å². The van der Waals surface area contributed by atoms with Crippen LogP contribution in [0, 0.1) is 17.5 Å². The van der Waals surface area contributed by atoms with Crippen LogP contribution in [-0.4, -0.2) is 16.0 Å². The lowest BCUT2D eigenvalue weighted by Gasteiger charge is -2.41. The van der Waals surface area contributed by atoms with Crippen molar-refractivity contribution in [2.24, 2.45) is 5.84 Å². The predicted octanol–water partition coefficient (Wildman–Crippen LogP) is 5.39. The molecule has 34 heavy (non-hydrogen) atoms. The molecular weight excluding hydrogens is 441 g/mol. The molecule has 5 nitrogen and oxygen atoms in total. The average Bonchev–Trinajstić information content (AvgIpc) is 2.89. The molecule has 3 aromatic carbocycles. The number of nitrogens with zero attached hydrogens (tertiary/aromatic N) is 2. The lowest BCUT2D eigenvalue weighted by Crippen LogP contribution is -2.57. The van der Waals surface area contributed by atoms with Gasteiger partial charge in [-0.05, 0) is 35.4 Å². The number of anilines is 1. The van der Waals surface area contributed by atoms with E-state index in [1.165, 1.54) is 0 Å². The number of hydrazine groups is 1. The van der Waals surface area contributed by atoms with Gasteiger partial charge in [-0.3, -0.25) is 4.98 Å². The maximum absolute atomic E-state index is 14.3. The first-order chi connectivity index (χ1) is 16.4. The lowest BCUT2D eigenvalue weighted by molar-refractivity contribution is 0.144. The van der Waals surface area contributed by atoms with E-state index in [9.17, 15) is 18.0 Å². The summed E-state index contributed by atoms with van der Waals surface area (Å²) in [5.41, 5.74) is 0.124. The number of rotatable bonds is 6. The molecule has 0 fully saturated rings. The molecule has 0 saturated carbocycles. The van der Waals surface area contributed by atoms with Crippen molar-refractivity contribution in [3.63, 3.8) is 0 Å². The van der Waals surface area contributed by atoms with Crippen molar-refractivity contribution in [1.29, 1.82) is 0 Å². The van der Waals surface area contributed by atoms with Gasteiger partial charge in [0, 0.05) is 12.6 Å². The van der Waals surface area contributed by atoms with Gasteiger partial charge in [0.1, 0.15) is 5.54 Å². The van der Waals surface area contributed by atoms with Crippen LogP contribution in [0.5, 0.6) is 0 Å². The molecule has 0 saturated heterocycles. The van der Waals surface area contributed by atoms with Crippen LogP contribution in [0.15, 0.2) is 97.2 Å². The fraction of sp³-hybridized carbons (Fsp3) is 0.0769. The third-order valence-electron chi connectivity index (χ3n) is 5.55. The Hall–Kier alpha value is -4.17. The van der Waals surface area contributed by atoms with Crippen molar-refractivity contribution in [2.45, 2.75) is 12.0 Å². The summed E-state index contributed by atoms with van der Waals surface area (Å²) in [4.78, 5) is 17.8. The van der Waals surface area contributed by atoms with Gasteiger partial charge in [-0.1, -0.05) is 66.7 Å². The highest BCUT2D eigenvalue weighted by atomic mass is 19.2. The molecule has 1 unspecified atom stereocenters. The van der Waals surface area contributed by atoms with E-state index in [1.54, 1.807) is 36.5 Å². The third-order valence-corrected chi connectivity index (χ3v) is 5.55. The Morgan fingerprint density at radius 1 is 0.853 bits per heavy atom. The van der Waals surface area contributed by atoms with Crippen LogP contribution in [0.2, 0.25) is 0 Å². The van der Waals surface area contributed by atoms with Crippen molar-refractivity contribution >= 4 is 11.7 Å². The average molecular weight is 462 g/mol. The Bertz CT molecular complexity index is 1230. The maximum Gasteiger partial charge on any atom is 0.337 e. The van der Waals surface area contributed by atoms with Gasteiger partial charge in [-0.25, -0.2) is 28.8 Å². The van der Waals surface area contributed by atoms with E-state index in [4.69, 9.17) is 5.84 Å². The quantitative estimate of drug-likeness (QED) is 0.175. The second kappa shape index (κ2) is 9.76. The van der Waals surface area contributed by atoms with E-state index in [2.05, 4.69) is 10.3 Å². The molecule has 0 aliphatic carbocycles. The highest BCUT2D eigenvalue weighted by Gasteiger charge is 2.43. The molecule has 4 rings (SSSR count). The number of hydrogen-bond donors (Lipinski definition) is 2. The molecule has 0 spiro atoms. The summed E-state index contributed by atoms with van der Waals surface area (Å²) in [7, 11) is 0. The fourth-order valence-corrected chi connectivity index (χ4v) is 3.87. The predicted molar refractivity (Wildman–Crippen MR) is 123 cm³/mol. The minimum absolute atomic E-state index is 0.235. The van der Waals surface area contributed by atoms with Gasteiger partial charge in [0.2, 0.25) is 0 Å². The second-order valence-corrected chi connectivity index (χ2v) is 7.63. The van der Waals surface area contributed by atoms with Crippen LogP contribution < -0.4 is 11.2 Å². The first-order valence-corrected chi connectivity index (χ1v) is 10.4. The molecule has 4 aromatic rings. The molecule has 172 valence electrons. The first kappa shape index (κ1) is 23.0. The maximum atomic E-state index is 14.3. The Morgan fingerprint density at radius 2 is 1.50 bits per heavy atom. The van der Waals surface area contributed by atoms with Crippen LogP contribution >= 0.6 is 0 Å². The van der Waals surface area contributed by atoms with Gasteiger partial charge in [-0.15, -0.1) is 0 Å². The number of aromatic nitrogens is 1. The normalized spacial score (nSPS) is 12.6. The molecule has 3 N–H and O–H groups in total. The molecule has 0 aliphatic rings. The largest absolute Gasteiger partial charge is 0.337 e. The van der Waals surface area contributed by atoms with Crippen LogP contribution in [0.3, 0.4) is 0 Å². The second-order valence-electron chi connectivity index (χ2n) is 7.63. The van der Waals surface area contributed by atoms with Gasteiger partial charge in [0.15, 0.2) is 17.5 Å². The lowest BCUT2D eigenvalue weighted by atomic mass is 9.80. The van der Waals surface area contributed by atoms with E-state index in [1.807, 2.05) is 48.5 Å². The van der Waals surface area contributed by atoms with Crippen LogP contribution in [0.1, 0.15) is 16.8 Å². The SMILES string of the molecule is NN(C(=O)Nc1ccc(F)c(F)c1F)C(Cc1ccccc1)(c1ccccc1)c1ccccn1. The van der Waals surface area contributed by atoms with E-state index in [0.717, 1.165) is 22.7 Å². The number of amides is 2. The first-order valence-electron chi connectivity index (χ1n) is 10.4. The zero-order chi connectivity index (χ0) is 24.1. The zero-order valence-electron chi connectivity index (χ0n) is 18.0. The number of urea groups is 1. The number of hydrogen-bond acceptors (Lipinski definition) is 3. The summed E-state index contributed by atoms with van der Waals surface area (Å²) in [5.74, 6) is 1.89. The van der Waals surface area contributed by atoms with E-state index < -0.39 is 34.7 Å². The summed E-state index contributed by atoms with van der Waals surface area (Å²) < 4.78 is 41.4. The van der Waals surface area contributed by atoms with Crippen molar-refractivity contribution in [3.05, 3.63) is 131 Å². The Morgan fingerprint density at radius 3 is 2.15 bits per heavy atom. The van der Waals surface area contributed by atoms with Gasteiger partial charge in [0.25, 0.3) is 0 Å². The third kappa shape index (κ3) is 4.35. The minimum Gasteiger partial charge on any atom is -0.304 e. The zero-order valence-corrected chi connectivity index (χ0v) is 18.0. The number of pyridine rings is 1. The Balaban J connectivity index is 1.84. The molecule has 0 aliphatic heterocycles. The number of nitrogens with one attached hydrogen (secondary N) is 1. The molecule has 8 heteroatoms. The molecule has 2 amide bonds. The summed E-state index contributed by atoms with van der Waals surface area (Å²) in [6, 6.07) is 24.4. The van der Waals surface area contributed by atoms with Gasteiger partial charge >= 0.3 is 6.03 Å². The van der Waals surface area contributed by atoms with Crippen molar-refractivity contribution in [2.75, 3.05) is 5.32 Å². The van der Waals surface area contributed by atoms with E-state index in [0.29, 0.717) is 11.3 Å². The summed E-state index contributed by atoms with van der Waals surface area (Å²) in [6.45, 7) is 0. The van der Waals surface area contributed by atoms with Gasteiger partial charge < -0.3 is 5.32 Å². The fourth-order valence-electron chi connectivity index (χ4n) is 3.87. The summed E-state index contributed by atoms with van der Waals surface area (Å²) in [5, 5.41) is 3.18. The van der Waals surface area contributed by atoms with Crippen molar-refractivity contribution in [1.82, 2.24) is 9.99 Å². The Kier molecular flexibility index (Phi) is 6.60. The van der Waals surface area contributed by atoms with Crippen LogP contribution in [-0.2, 0) is 12.0 Å². The monoisotopic (exact) mass is 462 g/mol. The molecule has 1 heterocycles. The molecule has 0 bridgehead atoms. The van der Waals surface area contributed by atoms with Crippen LogP contribution in [0.25, 0.3) is 0 Å². The summed E-state index contributed by atoms with van der Waals surface area (Å²) in [6.07, 6.45) is 1.82. The number of benzene rings is 3. The van der Waals surface area contributed by atoms with E-state index in [-0.39, 0.29) is 6.42 Å². The molecule has 1 atom stereocenters. The minimum atomic E-state index is -1.69. The summed E-state index contributed by atoms with van der Waals surface area (Å²) >= 11 is 0. The molecular formula is C26H21F3N4O. The van der Waals surface area contributed by atoms with Crippen molar-refractivity contribution < 1.29 is 18.0 Å². The highest BCUT2D eigenvalue weighted by Crippen LogP contribution is 2.37. The topological polar surface area (TPSA) is 71.2 Å².